The third-order valence-corrected chi connectivity index (χ3v) is 5.79. The van der Waals surface area contributed by atoms with Gasteiger partial charge in [-0.3, -0.25) is 4.79 Å². The van der Waals surface area contributed by atoms with Crippen LogP contribution < -0.4 is 10.2 Å². The second-order valence-electron chi connectivity index (χ2n) is 7.07. The van der Waals surface area contributed by atoms with Crippen molar-refractivity contribution in [2.45, 2.75) is 40.0 Å². The van der Waals surface area contributed by atoms with Gasteiger partial charge in [0.05, 0.1) is 5.69 Å². The number of thiazole rings is 1. The van der Waals surface area contributed by atoms with Crippen LogP contribution in [0.15, 0.2) is 16.1 Å². The monoisotopic (exact) mass is 413 g/mol. The van der Waals surface area contributed by atoms with Crippen LogP contribution in [0.5, 0.6) is 0 Å². The quantitative estimate of drug-likeness (QED) is 0.680. The summed E-state index contributed by atoms with van der Waals surface area (Å²) < 4.78 is 5.40. The Morgan fingerprint density at radius 1 is 1.28 bits per heavy atom. The molecule has 1 N–H and O–H groups in total. The lowest BCUT2D eigenvalue weighted by atomic mass is 9.95. The lowest BCUT2D eigenvalue weighted by Gasteiger charge is -2.32. The molecule has 4 rings (SSSR count). The Morgan fingerprint density at radius 2 is 2.07 bits per heavy atom. The summed E-state index contributed by atoms with van der Waals surface area (Å²) in [6, 6.07) is 0. The number of aryl methyl sites for hydroxylation is 3. The Kier molecular flexibility index (Phi) is 5.52. The van der Waals surface area contributed by atoms with Crippen molar-refractivity contribution < 1.29 is 9.32 Å². The number of amides is 1. The molecule has 3 aromatic rings. The molecule has 0 aliphatic carbocycles. The van der Waals surface area contributed by atoms with Crippen molar-refractivity contribution in [3.05, 3.63) is 28.9 Å². The third-order valence-electron chi connectivity index (χ3n) is 4.92. The van der Waals surface area contributed by atoms with Crippen LogP contribution in [-0.2, 0) is 11.2 Å². The third kappa shape index (κ3) is 4.26. The molecule has 1 saturated heterocycles. The second kappa shape index (κ2) is 8.24. The molecule has 1 amide bonds. The molecule has 0 saturated carbocycles. The number of aromatic nitrogens is 5. The highest BCUT2D eigenvalue weighted by atomic mass is 32.1. The van der Waals surface area contributed by atoms with E-state index in [0.717, 1.165) is 29.9 Å². The largest absolute Gasteiger partial charge is 0.356 e. The van der Waals surface area contributed by atoms with E-state index in [-0.39, 0.29) is 11.8 Å². The van der Waals surface area contributed by atoms with Crippen LogP contribution in [-0.4, -0.2) is 44.1 Å². The number of carbonyl (C=O) groups excluding carboxylic acids is 1. The Hall–Kier alpha value is -2.88. The Balaban J connectivity index is 1.47. The van der Waals surface area contributed by atoms with E-state index >= 15 is 0 Å². The summed E-state index contributed by atoms with van der Waals surface area (Å²) in [5.74, 6) is 2.52. The van der Waals surface area contributed by atoms with Gasteiger partial charge in [0, 0.05) is 37.0 Å². The van der Waals surface area contributed by atoms with Crippen LogP contribution >= 0.6 is 11.3 Å². The fourth-order valence-electron chi connectivity index (χ4n) is 3.33. The first-order chi connectivity index (χ1) is 14.0. The Bertz CT molecular complexity index is 1010. The van der Waals surface area contributed by atoms with Crippen molar-refractivity contribution in [1.29, 1.82) is 0 Å². The molecule has 1 aliphatic heterocycles. The summed E-state index contributed by atoms with van der Waals surface area (Å²) >= 11 is 1.45. The Labute approximate surface area is 172 Å². The number of anilines is 2. The van der Waals surface area contributed by atoms with Gasteiger partial charge >= 0.3 is 0 Å². The molecule has 0 unspecified atom stereocenters. The summed E-state index contributed by atoms with van der Waals surface area (Å²) in [5.41, 5.74) is 1.64. The van der Waals surface area contributed by atoms with Crippen LogP contribution in [0.3, 0.4) is 0 Å². The Morgan fingerprint density at radius 3 is 2.72 bits per heavy atom. The molecule has 0 aromatic carbocycles. The first-order valence-electron chi connectivity index (χ1n) is 9.68. The number of nitrogens with zero attached hydrogens (tertiary/aromatic N) is 6. The molecule has 0 bridgehead atoms. The molecule has 29 heavy (non-hydrogen) atoms. The SMILES string of the molecule is CCc1noc(-c2cnc(C)nc2N2CCC(C(=O)Nc3nc(C)cs3)CC2)n1. The second-order valence-corrected chi connectivity index (χ2v) is 7.93. The zero-order valence-corrected chi connectivity index (χ0v) is 17.5. The zero-order chi connectivity index (χ0) is 20.4. The van der Waals surface area contributed by atoms with E-state index in [1.54, 1.807) is 6.20 Å². The minimum absolute atomic E-state index is 0.0302. The predicted octanol–water partition coefficient (Wildman–Crippen LogP) is 3.02. The van der Waals surface area contributed by atoms with Gasteiger partial charge in [-0.25, -0.2) is 15.0 Å². The number of carbonyl (C=O) groups is 1. The lowest BCUT2D eigenvalue weighted by Crippen LogP contribution is -2.39. The van der Waals surface area contributed by atoms with E-state index in [1.807, 2.05) is 26.2 Å². The smallest absolute Gasteiger partial charge is 0.263 e. The van der Waals surface area contributed by atoms with Crippen molar-refractivity contribution in [2.24, 2.45) is 5.92 Å². The normalized spacial score (nSPS) is 14.9. The molecular weight excluding hydrogens is 390 g/mol. The maximum absolute atomic E-state index is 12.6. The lowest BCUT2D eigenvalue weighted by molar-refractivity contribution is -0.120. The molecule has 3 aromatic heterocycles. The summed E-state index contributed by atoms with van der Waals surface area (Å²) in [5, 5.41) is 9.50. The van der Waals surface area contributed by atoms with Gasteiger partial charge in [-0.2, -0.15) is 4.98 Å². The van der Waals surface area contributed by atoms with E-state index in [9.17, 15) is 4.79 Å². The van der Waals surface area contributed by atoms with Crippen molar-refractivity contribution in [1.82, 2.24) is 25.1 Å². The van der Waals surface area contributed by atoms with Crippen molar-refractivity contribution in [3.8, 4) is 11.5 Å². The molecule has 4 heterocycles. The highest BCUT2D eigenvalue weighted by Gasteiger charge is 2.28. The van der Waals surface area contributed by atoms with Crippen LogP contribution in [0.25, 0.3) is 11.5 Å². The minimum Gasteiger partial charge on any atom is -0.356 e. The van der Waals surface area contributed by atoms with Gasteiger partial charge in [0.1, 0.15) is 17.2 Å². The number of nitrogens with one attached hydrogen (secondary N) is 1. The highest BCUT2D eigenvalue weighted by Crippen LogP contribution is 2.31. The van der Waals surface area contributed by atoms with Crippen molar-refractivity contribution >= 4 is 28.2 Å². The first-order valence-corrected chi connectivity index (χ1v) is 10.6. The molecule has 152 valence electrons. The summed E-state index contributed by atoms with van der Waals surface area (Å²) in [7, 11) is 0. The van der Waals surface area contributed by atoms with Crippen LogP contribution in [0, 0.1) is 19.8 Å². The van der Waals surface area contributed by atoms with E-state index in [1.165, 1.54) is 11.3 Å². The van der Waals surface area contributed by atoms with Gasteiger partial charge < -0.3 is 14.7 Å². The zero-order valence-electron chi connectivity index (χ0n) is 16.7. The van der Waals surface area contributed by atoms with Gasteiger partial charge in [-0.1, -0.05) is 12.1 Å². The molecule has 1 aliphatic rings. The first kappa shape index (κ1) is 19.4. The number of hydrogen-bond acceptors (Lipinski definition) is 9. The summed E-state index contributed by atoms with van der Waals surface area (Å²) in [6.45, 7) is 7.18. The maximum Gasteiger partial charge on any atom is 0.263 e. The van der Waals surface area contributed by atoms with Crippen LogP contribution in [0.2, 0.25) is 0 Å². The maximum atomic E-state index is 12.6. The molecule has 9 nitrogen and oxygen atoms in total. The van der Waals surface area contributed by atoms with E-state index in [2.05, 4.69) is 35.3 Å². The van der Waals surface area contributed by atoms with E-state index < -0.39 is 0 Å². The van der Waals surface area contributed by atoms with Crippen molar-refractivity contribution in [3.63, 3.8) is 0 Å². The van der Waals surface area contributed by atoms with Gasteiger partial charge in [-0.05, 0) is 26.7 Å². The van der Waals surface area contributed by atoms with Gasteiger partial charge in [-0.15, -0.1) is 11.3 Å². The standard InChI is InChI=1S/C19H23N7O2S/c1-4-15-23-18(28-25-15)14-9-20-12(3)22-16(14)26-7-5-13(6-8-26)17(27)24-19-21-11(2)10-29-19/h9-10,13H,4-8H2,1-3H3,(H,21,24,27). The van der Waals surface area contributed by atoms with E-state index in [4.69, 9.17) is 4.52 Å². The molecular formula is C19H23N7O2S. The number of piperidine rings is 1. The molecule has 10 heteroatoms. The van der Waals surface area contributed by atoms with Crippen molar-refractivity contribution in [2.75, 3.05) is 23.3 Å². The van der Waals surface area contributed by atoms with Gasteiger partial charge in [0.25, 0.3) is 5.89 Å². The average Bonchev–Trinajstić information content (AvgIpc) is 3.37. The summed E-state index contributed by atoms with van der Waals surface area (Å²) in [6.07, 6.45) is 3.91. The minimum atomic E-state index is -0.0445. The summed E-state index contributed by atoms with van der Waals surface area (Å²) in [4.78, 5) is 32.4. The molecule has 1 fully saturated rings. The highest BCUT2D eigenvalue weighted by molar-refractivity contribution is 7.13. The fourth-order valence-corrected chi connectivity index (χ4v) is 4.02. The molecule has 0 atom stereocenters. The fraction of sp³-hybridized carbons (Fsp3) is 0.474. The topological polar surface area (TPSA) is 110 Å². The van der Waals surface area contributed by atoms with Crippen LogP contribution in [0.4, 0.5) is 10.9 Å². The number of hydrogen-bond donors (Lipinski definition) is 1. The molecule has 0 radical (unpaired) electrons. The molecule has 0 spiro atoms. The van der Waals surface area contributed by atoms with Gasteiger partial charge in [0.15, 0.2) is 11.0 Å². The van der Waals surface area contributed by atoms with Gasteiger partial charge in [0.2, 0.25) is 5.91 Å². The van der Waals surface area contributed by atoms with Crippen LogP contribution in [0.1, 0.15) is 37.1 Å². The average molecular weight is 414 g/mol. The predicted molar refractivity (Wildman–Crippen MR) is 110 cm³/mol. The van der Waals surface area contributed by atoms with E-state index in [0.29, 0.717) is 42.2 Å². The number of rotatable bonds is 5.